The third-order valence-electron chi connectivity index (χ3n) is 11.6. The van der Waals surface area contributed by atoms with Crippen LogP contribution in [0.2, 0.25) is 0 Å². The van der Waals surface area contributed by atoms with Gasteiger partial charge in [-0.2, -0.15) is 5.26 Å². The van der Waals surface area contributed by atoms with Gasteiger partial charge in [0.15, 0.2) is 0 Å². The van der Waals surface area contributed by atoms with Crippen molar-refractivity contribution >= 4 is 27.8 Å². The predicted molar refractivity (Wildman–Crippen MR) is 171 cm³/mol. The van der Waals surface area contributed by atoms with E-state index < -0.39 is 5.97 Å². The van der Waals surface area contributed by atoms with E-state index in [2.05, 4.69) is 22.1 Å². The standard InChI is InChI=1S/C19H19FN2.C19H20FNO2.Na.H2O/c20-15-4-6-19-18(10-15)17(7-8-22-19)16-5-3-12-9-13(16)1-2-14(12)11-21;20-13-3-6-18-17(10-13)16(7-8-21-18)14-4-1-12-9-11(14)2-5-15(12)19(22)23;;/h4,6-8,10,12-14,16H,1-3,5,9H2;3,6-8,10-12,14-15H,1-2,4-5,9H2,(H,22,23);;1H2/q;;+1;/p-1. The third-order valence-corrected chi connectivity index (χ3v) is 11.6. The molecule has 2 N–H and O–H groups in total. The molecule has 6 nitrogen and oxygen atoms in total. The summed E-state index contributed by atoms with van der Waals surface area (Å²) < 4.78 is 27.4. The van der Waals surface area contributed by atoms with E-state index in [1.807, 2.05) is 18.5 Å². The largest absolute Gasteiger partial charge is 1.00 e. The van der Waals surface area contributed by atoms with Crippen molar-refractivity contribution in [2.45, 2.75) is 76.0 Å². The summed E-state index contributed by atoms with van der Waals surface area (Å²) in [6.45, 7) is 0. The zero-order valence-corrected chi connectivity index (χ0v) is 28.9. The van der Waals surface area contributed by atoms with Crippen molar-refractivity contribution in [3.05, 3.63) is 83.7 Å². The fraction of sp³-hybridized carbons (Fsp3) is 0.474. The summed E-state index contributed by atoms with van der Waals surface area (Å²) in [7, 11) is 0. The molecule has 0 aliphatic heterocycles. The summed E-state index contributed by atoms with van der Waals surface area (Å²) in [6.07, 6.45) is 13.9. The number of carboxylic acids is 1. The number of nitrogens with zero attached hydrogens (tertiary/aromatic N) is 3. The number of benzene rings is 2. The number of rotatable bonds is 3. The van der Waals surface area contributed by atoms with Gasteiger partial charge in [-0.05, 0) is 159 Å². The van der Waals surface area contributed by atoms with Crippen LogP contribution in [-0.4, -0.2) is 26.5 Å². The minimum Gasteiger partial charge on any atom is -0.870 e. The molecule has 47 heavy (non-hydrogen) atoms. The van der Waals surface area contributed by atoms with E-state index in [1.54, 1.807) is 24.3 Å². The Hall–Kier alpha value is -2.96. The molecule has 4 aliphatic rings. The quantitative estimate of drug-likeness (QED) is 0.273. The second-order valence-corrected chi connectivity index (χ2v) is 13.8. The Morgan fingerprint density at radius 1 is 0.702 bits per heavy atom. The van der Waals surface area contributed by atoms with E-state index in [9.17, 15) is 23.9 Å². The number of fused-ring (bicyclic) bond motifs is 6. The number of pyridine rings is 2. The average Bonchev–Trinajstić information content (AvgIpc) is 3.05. The van der Waals surface area contributed by atoms with Gasteiger partial charge in [0.25, 0.3) is 0 Å². The molecule has 0 saturated heterocycles. The van der Waals surface area contributed by atoms with Gasteiger partial charge < -0.3 is 10.6 Å². The monoisotopic (exact) mass is 647 g/mol. The Morgan fingerprint density at radius 3 is 1.72 bits per heavy atom. The van der Waals surface area contributed by atoms with E-state index in [-0.39, 0.29) is 58.5 Å². The Bertz CT molecular complexity index is 1780. The molecule has 2 aromatic heterocycles. The van der Waals surface area contributed by atoms with Gasteiger partial charge >= 0.3 is 35.5 Å². The van der Waals surface area contributed by atoms with Crippen molar-refractivity contribution in [2.24, 2.45) is 35.5 Å². The van der Waals surface area contributed by atoms with Crippen LogP contribution in [-0.2, 0) is 4.79 Å². The van der Waals surface area contributed by atoms with E-state index in [0.29, 0.717) is 35.5 Å². The first kappa shape index (κ1) is 35.3. The number of carbonyl (C=O) groups is 1. The van der Waals surface area contributed by atoms with E-state index in [0.717, 1.165) is 86.0 Å². The fourth-order valence-electron chi connectivity index (χ4n) is 9.47. The smallest absolute Gasteiger partial charge is 0.870 e. The Kier molecular flexibility index (Phi) is 11.3. The van der Waals surface area contributed by atoms with Gasteiger partial charge in [0.1, 0.15) is 11.6 Å². The first-order chi connectivity index (χ1) is 21.9. The van der Waals surface area contributed by atoms with Crippen molar-refractivity contribution in [1.82, 2.24) is 9.97 Å². The van der Waals surface area contributed by atoms with Crippen LogP contribution in [0.25, 0.3) is 21.8 Å². The zero-order valence-electron chi connectivity index (χ0n) is 26.9. The number of carboxylic acid groups (broad SMARTS) is 1. The number of halogens is 2. The number of aromatic nitrogens is 2. The number of nitriles is 1. The van der Waals surface area contributed by atoms with E-state index in [1.165, 1.54) is 23.3 Å². The molecule has 2 aromatic carbocycles. The van der Waals surface area contributed by atoms with Crippen LogP contribution in [0.4, 0.5) is 8.78 Å². The third kappa shape index (κ3) is 7.10. The molecule has 4 bridgehead atoms. The van der Waals surface area contributed by atoms with Crippen LogP contribution >= 0.6 is 0 Å². The molecule has 4 fully saturated rings. The first-order valence-corrected chi connectivity index (χ1v) is 16.6. The average molecular weight is 648 g/mol. The molecule has 0 amide bonds. The van der Waals surface area contributed by atoms with E-state index in [4.69, 9.17) is 0 Å². The van der Waals surface area contributed by atoms with Gasteiger partial charge in [-0.25, -0.2) is 8.78 Å². The summed E-state index contributed by atoms with van der Waals surface area (Å²) in [4.78, 5) is 20.1. The number of aliphatic carboxylic acids is 1. The summed E-state index contributed by atoms with van der Waals surface area (Å²) in [5.74, 6) is 1.95. The maximum atomic E-state index is 13.7. The molecule has 8 unspecified atom stereocenters. The maximum Gasteiger partial charge on any atom is 1.00 e. The fourth-order valence-corrected chi connectivity index (χ4v) is 9.47. The van der Waals surface area contributed by atoms with Crippen LogP contribution in [0, 0.1) is 58.5 Å². The van der Waals surface area contributed by atoms with Gasteiger partial charge in [-0.3, -0.25) is 14.8 Å². The Morgan fingerprint density at radius 2 is 1.19 bits per heavy atom. The molecule has 9 heteroatoms. The molecule has 240 valence electrons. The summed E-state index contributed by atoms with van der Waals surface area (Å²) in [5, 5.41) is 20.5. The Balaban J connectivity index is 0.000000177. The first-order valence-electron chi connectivity index (χ1n) is 16.6. The second-order valence-electron chi connectivity index (χ2n) is 13.8. The predicted octanol–water partition coefficient (Wildman–Crippen LogP) is 6.00. The van der Waals surface area contributed by atoms with Crippen molar-refractivity contribution < 1.29 is 53.7 Å². The van der Waals surface area contributed by atoms with E-state index >= 15 is 0 Å². The van der Waals surface area contributed by atoms with Crippen molar-refractivity contribution in [3.63, 3.8) is 0 Å². The molecule has 0 spiro atoms. The summed E-state index contributed by atoms with van der Waals surface area (Å²) in [6, 6.07) is 16.2. The summed E-state index contributed by atoms with van der Waals surface area (Å²) in [5.41, 5.74) is 4.16. The molecule has 4 aliphatic carbocycles. The molecule has 0 radical (unpaired) electrons. The minimum atomic E-state index is -0.636. The minimum absolute atomic E-state index is 0. The second kappa shape index (κ2) is 15.1. The molecular formula is C38H40F2N3NaO3. The van der Waals surface area contributed by atoms with Gasteiger partial charge in [0.05, 0.1) is 23.0 Å². The molecular weight excluding hydrogens is 607 g/mol. The Labute approximate surface area is 296 Å². The van der Waals surface area contributed by atoms with Crippen LogP contribution in [0.1, 0.15) is 87.2 Å². The van der Waals surface area contributed by atoms with Gasteiger partial charge in [0, 0.05) is 29.1 Å². The topological polar surface area (TPSA) is 117 Å². The van der Waals surface area contributed by atoms with Crippen LogP contribution < -0.4 is 29.6 Å². The molecule has 4 aromatic rings. The molecule has 4 saturated carbocycles. The summed E-state index contributed by atoms with van der Waals surface area (Å²) >= 11 is 0. The molecule has 8 atom stereocenters. The van der Waals surface area contributed by atoms with Crippen LogP contribution in [0.15, 0.2) is 60.9 Å². The SMILES string of the molecule is N#CC1CCC2CC1CCC2c1ccnc2ccc(F)cc12.O=C(O)C1CCC2CC1CCC2c1ccnc2ccc(F)cc12.[Na+].[OH-]. The van der Waals surface area contributed by atoms with Gasteiger partial charge in [-0.1, -0.05) is 0 Å². The van der Waals surface area contributed by atoms with Crippen LogP contribution in [0.3, 0.4) is 0 Å². The number of hydrogen-bond acceptors (Lipinski definition) is 5. The van der Waals surface area contributed by atoms with Crippen molar-refractivity contribution in [2.75, 3.05) is 0 Å². The normalized spacial score (nSPS) is 29.3. The zero-order chi connectivity index (χ0) is 31.1. The van der Waals surface area contributed by atoms with Crippen molar-refractivity contribution in [1.29, 1.82) is 5.26 Å². The van der Waals surface area contributed by atoms with Crippen LogP contribution in [0.5, 0.6) is 0 Å². The molecule has 8 rings (SSSR count). The molecule has 2 heterocycles. The van der Waals surface area contributed by atoms with Gasteiger partial charge in [0.2, 0.25) is 0 Å². The number of hydrogen-bond donors (Lipinski definition) is 1. The van der Waals surface area contributed by atoms with Crippen molar-refractivity contribution in [3.8, 4) is 6.07 Å². The maximum absolute atomic E-state index is 13.7. The van der Waals surface area contributed by atoms with Gasteiger partial charge in [-0.15, -0.1) is 0 Å².